The lowest BCUT2D eigenvalue weighted by Gasteiger charge is -2.17. The molecule has 3 nitrogen and oxygen atoms in total. The summed E-state index contributed by atoms with van der Waals surface area (Å²) < 4.78 is 5.59. The van der Waals surface area contributed by atoms with Crippen LogP contribution in [0.2, 0.25) is 0 Å². The van der Waals surface area contributed by atoms with E-state index in [4.69, 9.17) is 4.74 Å². The van der Waals surface area contributed by atoms with E-state index >= 15 is 0 Å². The maximum absolute atomic E-state index is 10.0. The summed E-state index contributed by atoms with van der Waals surface area (Å²) in [5.41, 5.74) is 5.75. The first-order chi connectivity index (χ1) is 14.1. The molecule has 1 unspecified atom stereocenters. The van der Waals surface area contributed by atoms with E-state index in [0.717, 1.165) is 48.5 Å². The summed E-state index contributed by atoms with van der Waals surface area (Å²) in [6.07, 6.45) is 10.2. The Bertz CT molecular complexity index is 911. The number of benzene rings is 2. The topological polar surface area (TPSA) is 41.5 Å². The Morgan fingerprint density at radius 3 is 2.76 bits per heavy atom. The van der Waals surface area contributed by atoms with Gasteiger partial charge in [0.15, 0.2) is 0 Å². The van der Waals surface area contributed by atoms with Gasteiger partial charge in [-0.15, -0.1) is 0 Å². The number of phenolic OH excluding ortho intramolecular Hbond substituents is 1. The molecule has 29 heavy (non-hydrogen) atoms. The molecule has 2 aromatic carbocycles. The van der Waals surface area contributed by atoms with Gasteiger partial charge in [-0.05, 0) is 66.9 Å². The van der Waals surface area contributed by atoms with Crippen molar-refractivity contribution in [3.8, 4) is 11.5 Å². The molecule has 4 rings (SSSR count). The zero-order chi connectivity index (χ0) is 20.2. The second kappa shape index (κ2) is 8.77. The van der Waals surface area contributed by atoms with Crippen LogP contribution in [0.3, 0.4) is 0 Å². The molecule has 1 aliphatic carbocycles. The van der Waals surface area contributed by atoms with Gasteiger partial charge in [-0.3, -0.25) is 0 Å². The van der Waals surface area contributed by atoms with Crippen molar-refractivity contribution < 1.29 is 9.84 Å². The number of phenols is 1. The van der Waals surface area contributed by atoms with Gasteiger partial charge in [-0.25, -0.2) is 0 Å². The van der Waals surface area contributed by atoms with Crippen molar-refractivity contribution in [2.45, 2.75) is 51.0 Å². The van der Waals surface area contributed by atoms with Crippen LogP contribution in [-0.4, -0.2) is 12.2 Å². The molecule has 3 heteroatoms. The van der Waals surface area contributed by atoms with Crippen LogP contribution < -0.4 is 10.1 Å². The second-order valence-corrected chi connectivity index (χ2v) is 8.34. The number of methoxy groups -OCH3 is 1. The van der Waals surface area contributed by atoms with Gasteiger partial charge in [0.25, 0.3) is 0 Å². The smallest absolute Gasteiger partial charge is 0.123 e. The predicted molar refractivity (Wildman–Crippen MR) is 119 cm³/mol. The van der Waals surface area contributed by atoms with Gasteiger partial charge in [-0.1, -0.05) is 55.8 Å². The summed E-state index contributed by atoms with van der Waals surface area (Å²) >= 11 is 0. The van der Waals surface area contributed by atoms with Crippen LogP contribution in [0.1, 0.15) is 61.3 Å². The van der Waals surface area contributed by atoms with Gasteiger partial charge >= 0.3 is 0 Å². The number of aromatic hydroxyl groups is 1. The lowest BCUT2D eigenvalue weighted by atomic mass is 9.99. The highest BCUT2D eigenvalue weighted by Gasteiger charge is 2.23. The fourth-order valence-electron chi connectivity index (χ4n) is 4.17. The van der Waals surface area contributed by atoms with Crippen molar-refractivity contribution in [1.29, 1.82) is 0 Å². The lowest BCUT2D eigenvalue weighted by molar-refractivity contribution is 0.408. The number of hydrogen-bond donors (Lipinski definition) is 2. The molecular formula is C26H31NO2. The fourth-order valence-corrected chi connectivity index (χ4v) is 4.17. The number of aryl methyl sites for hydroxylation is 1. The van der Waals surface area contributed by atoms with Crippen molar-refractivity contribution in [1.82, 2.24) is 5.32 Å². The van der Waals surface area contributed by atoms with Gasteiger partial charge < -0.3 is 15.2 Å². The quantitative estimate of drug-likeness (QED) is 0.540. The highest BCUT2D eigenvalue weighted by molar-refractivity contribution is 5.68. The predicted octanol–water partition coefficient (Wildman–Crippen LogP) is 6.16. The molecule has 2 aromatic rings. The molecule has 0 amide bonds. The highest BCUT2D eigenvalue weighted by Crippen LogP contribution is 2.36. The minimum Gasteiger partial charge on any atom is -0.507 e. The van der Waals surface area contributed by atoms with Crippen molar-refractivity contribution in [2.75, 3.05) is 7.11 Å². The summed E-state index contributed by atoms with van der Waals surface area (Å²) in [6, 6.07) is 14.4. The number of nitrogens with one attached hydrogen (secondary N) is 1. The van der Waals surface area contributed by atoms with Gasteiger partial charge in [0.05, 0.1) is 13.2 Å². The normalized spacial score (nSPS) is 18.2. The molecule has 0 spiro atoms. The van der Waals surface area contributed by atoms with E-state index in [1.807, 2.05) is 18.2 Å². The molecular weight excluding hydrogens is 358 g/mol. The number of rotatable bonds is 9. The van der Waals surface area contributed by atoms with Crippen LogP contribution in [0.15, 0.2) is 60.8 Å². The first kappa shape index (κ1) is 19.6. The van der Waals surface area contributed by atoms with Crippen LogP contribution in [0, 0.1) is 5.92 Å². The van der Waals surface area contributed by atoms with E-state index < -0.39 is 0 Å². The monoisotopic (exact) mass is 389 g/mol. The van der Waals surface area contributed by atoms with Crippen LogP contribution >= 0.6 is 0 Å². The van der Waals surface area contributed by atoms with Crippen LogP contribution in [-0.2, 0) is 6.42 Å². The first-order valence-electron chi connectivity index (χ1n) is 10.7. The Morgan fingerprint density at radius 1 is 1.17 bits per heavy atom. The molecule has 0 saturated heterocycles. The zero-order valence-electron chi connectivity index (χ0n) is 17.3. The van der Waals surface area contributed by atoms with E-state index in [1.54, 1.807) is 13.2 Å². The maximum atomic E-state index is 10.0. The average molecular weight is 390 g/mol. The Kier molecular flexibility index (Phi) is 5.94. The Balaban J connectivity index is 1.34. The van der Waals surface area contributed by atoms with Gasteiger partial charge in [0.1, 0.15) is 11.5 Å². The van der Waals surface area contributed by atoms with Crippen LogP contribution in [0.5, 0.6) is 11.5 Å². The maximum Gasteiger partial charge on any atom is 0.123 e. The summed E-state index contributed by atoms with van der Waals surface area (Å²) in [6.45, 7) is 4.17. The van der Waals surface area contributed by atoms with E-state index in [1.165, 1.54) is 36.1 Å². The van der Waals surface area contributed by atoms with Crippen LogP contribution in [0.4, 0.5) is 0 Å². The SMILES string of the molecule is C=C(CCC1=CCC(c2ccc(OC)c(CCC3CC3)c2)N1)c1ccccc1O. The molecule has 1 fully saturated rings. The second-order valence-electron chi connectivity index (χ2n) is 8.34. The molecule has 1 atom stereocenters. The number of para-hydroxylation sites is 1. The summed E-state index contributed by atoms with van der Waals surface area (Å²) in [5, 5.41) is 13.7. The third-order valence-corrected chi connectivity index (χ3v) is 6.17. The largest absolute Gasteiger partial charge is 0.507 e. The summed E-state index contributed by atoms with van der Waals surface area (Å²) in [5.74, 6) is 2.25. The van der Waals surface area contributed by atoms with E-state index in [-0.39, 0.29) is 0 Å². The minimum atomic E-state index is 0.306. The molecule has 0 bridgehead atoms. The van der Waals surface area contributed by atoms with E-state index in [9.17, 15) is 5.11 Å². The first-order valence-corrected chi connectivity index (χ1v) is 10.7. The average Bonchev–Trinajstić information content (AvgIpc) is 3.45. The minimum absolute atomic E-state index is 0.306. The third-order valence-electron chi connectivity index (χ3n) is 6.17. The van der Waals surface area contributed by atoms with E-state index in [0.29, 0.717) is 11.8 Å². The zero-order valence-corrected chi connectivity index (χ0v) is 17.3. The van der Waals surface area contributed by atoms with Crippen molar-refractivity contribution in [3.05, 3.63) is 77.5 Å². The molecule has 2 aliphatic rings. The third kappa shape index (κ3) is 4.84. The van der Waals surface area contributed by atoms with E-state index in [2.05, 4.69) is 36.2 Å². The summed E-state index contributed by atoms with van der Waals surface area (Å²) in [7, 11) is 1.76. The number of ether oxygens (including phenoxy) is 1. The summed E-state index contributed by atoms with van der Waals surface area (Å²) in [4.78, 5) is 0. The molecule has 0 radical (unpaired) electrons. The van der Waals surface area contributed by atoms with Crippen molar-refractivity contribution >= 4 is 5.57 Å². The molecule has 0 aromatic heterocycles. The molecule has 1 saturated carbocycles. The number of hydrogen-bond acceptors (Lipinski definition) is 3. The molecule has 2 N–H and O–H groups in total. The molecule has 1 aliphatic heterocycles. The molecule has 1 heterocycles. The highest BCUT2D eigenvalue weighted by atomic mass is 16.5. The van der Waals surface area contributed by atoms with Gasteiger partial charge in [0.2, 0.25) is 0 Å². The standard InChI is InChI=1S/C26H31NO2/c1-18(23-5-3-4-6-25(23)28)7-13-22-14-15-24(27-22)20-12-16-26(29-2)21(17-20)11-10-19-8-9-19/h3-6,12,14,16-17,19,24,27-28H,1,7-11,13,15H2,2H3. The van der Waals surface area contributed by atoms with Crippen molar-refractivity contribution in [3.63, 3.8) is 0 Å². The molecule has 152 valence electrons. The Labute approximate surface area is 174 Å². The lowest BCUT2D eigenvalue weighted by Crippen LogP contribution is -2.15. The number of allylic oxidation sites excluding steroid dienone is 2. The van der Waals surface area contributed by atoms with Gasteiger partial charge in [0, 0.05) is 11.3 Å². The van der Waals surface area contributed by atoms with Gasteiger partial charge in [-0.2, -0.15) is 0 Å². The van der Waals surface area contributed by atoms with Crippen molar-refractivity contribution in [2.24, 2.45) is 5.92 Å². The van der Waals surface area contributed by atoms with Crippen LogP contribution in [0.25, 0.3) is 5.57 Å². The fraction of sp³-hybridized carbons (Fsp3) is 0.385. The Morgan fingerprint density at radius 2 is 2.00 bits per heavy atom. The Hall–Kier alpha value is -2.68.